The number of ether oxygens (including phenoxy) is 2. The van der Waals surface area contributed by atoms with Crippen LogP contribution in [0.3, 0.4) is 0 Å². The van der Waals surface area contributed by atoms with Gasteiger partial charge in [0.1, 0.15) is 5.82 Å². The molecule has 1 N–H and O–H groups in total. The number of anilines is 1. The van der Waals surface area contributed by atoms with E-state index in [1.807, 2.05) is 0 Å². The van der Waals surface area contributed by atoms with Gasteiger partial charge in [0.15, 0.2) is 11.5 Å². The molecule has 0 saturated carbocycles. The molecule has 2 rings (SSSR count). The molecular formula is C12H12N4O4. The number of rotatable bonds is 5. The summed E-state index contributed by atoms with van der Waals surface area (Å²) in [6.07, 6.45) is 2.97. The van der Waals surface area contributed by atoms with E-state index in [2.05, 4.69) is 15.3 Å². The first-order valence-corrected chi connectivity index (χ1v) is 5.64. The smallest absolute Gasteiger partial charge is 0.273 e. The molecule has 0 atom stereocenters. The van der Waals surface area contributed by atoms with Crippen LogP contribution in [0.25, 0.3) is 0 Å². The van der Waals surface area contributed by atoms with E-state index < -0.39 is 4.92 Å². The summed E-state index contributed by atoms with van der Waals surface area (Å²) < 4.78 is 10.6. The normalized spacial score (nSPS) is 9.90. The summed E-state index contributed by atoms with van der Waals surface area (Å²) in [5.74, 6) is 1.36. The van der Waals surface area contributed by atoms with Gasteiger partial charge in [0, 0.05) is 13.1 Å². The molecule has 1 heterocycles. The van der Waals surface area contributed by atoms with Crippen LogP contribution in [-0.2, 0) is 0 Å². The Balaban J connectivity index is 2.30. The number of hydrogen-bond donors (Lipinski definition) is 1. The van der Waals surface area contributed by atoms with E-state index in [4.69, 9.17) is 9.47 Å². The topological polar surface area (TPSA) is 99.4 Å². The first-order valence-electron chi connectivity index (χ1n) is 5.64. The Morgan fingerprint density at radius 2 is 2.10 bits per heavy atom. The first-order chi connectivity index (χ1) is 9.63. The van der Waals surface area contributed by atoms with Crippen molar-refractivity contribution in [2.45, 2.75) is 0 Å². The second-order valence-electron chi connectivity index (χ2n) is 3.69. The van der Waals surface area contributed by atoms with E-state index in [0.717, 1.165) is 0 Å². The van der Waals surface area contributed by atoms with E-state index in [9.17, 15) is 10.1 Å². The summed E-state index contributed by atoms with van der Waals surface area (Å²) in [6, 6.07) is 4.06. The number of aromatic nitrogens is 2. The second kappa shape index (κ2) is 5.83. The van der Waals surface area contributed by atoms with E-state index in [1.165, 1.54) is 31.5 Å². The molecule has 0 spiro atoms. The van der Waals surface area contributed by atoms with E-state index in [0.29, 0.717) is 11.6 Å². The zero-order valence-corrected chi connectivity index (χ0v) is 10.9. The van der Waals surface area contributed by atoms with Crippen LogP contribution in [0.4, 0.5) is 11.5 Å². The summed E-state index contributed by atoms with van der Waals surface area (Å²) in [5, 5.41) is 13.5. The van der Waals surface area contributed by atoms with Crippen LogP contribution >= 0.6 is 0 Å². The van der Waals surface area contributed by atoms with Gasteiger partial charge in [-0.1, -0.05) is 0 Å². The van der Waals surface area contributed by atoms with E-state index in [-0.39, 0.29) is 17.3 Å². The number of hydrogen-bond acceptors (Lipinski definition) is 7. The summed E-state index contributed by atoms with van der Waals surface area (Å²) >= 11 is 0. The molecule has 104 valence electrons. The lowest BCUT2D eigenvalue weighted by Gasteiger charge is -2.09. The Hall–Kier alpha value is -2.90. The van der Waals surface area contributed by atoms with Crippen LogP contribution in [0.5, 0.6) is 17.4 Å². The predicted octanol–water partition coefficient (Wildman–Crippen LogP) is 2.23. The summed E-state index contributed by atoms with van der Waals surface area (Å²) in [5.41, 5.74) is -0.0794. The quantitative estimate of drug-likeness (QED) is 0.660. The summed E-state index contributed by atoms with van der Waals surface area (Å²) in [4.78, 5) is 18.3. The van der Waals surface area contributed by atoms with Gasteiger partial charge in [-0.05, 0) is 6.07 Å². The fourth-order valence-electron chi connectivity index (χ4n) is 1.48. The molecule has 20 heavy (non-hydrogen) atoms. The van der Waals surface area contributed by atoms with Crippen molar-refractivity contribution in [1.82, 2.24) is 9.97 Å². The number of nitrogens with zero attached hydrogens (tertiary/aromatic N) is 3. The Labute approximate surface area is 114 Å². The number of benzene rings is 1. The van der Waals surface area contributed by atoms with Crippen molar-refractivity contribution in [1.29, 1.82) is 0 Å². The van der Waals surface area contributed by atoms with Crippen molar-refractivity contribution in [2.24, 2.45) is 0 Å². The van der Waals surface area contributed by atoms with Crippen LogP contribution in [0.1, 0.15) is 0 Å². The lowest BCUT2D eigenvalue weighted by Crippen LogP contribution is -1.97. The van der Waals surface area contributed by atoms with Crippen molar-refractivity contribution in [3.63, 3.8) is 0 Å². The number of nitrogens with one attached hydrogen (secondary N) is 1. The van der Waals surface area contributed by atoms with Crippen molar-refractivity contribution in [2.75, 3.05) is 19.5 Å². The van der Waals surface area contributed by atoms with Gasteiger partial charge in [-0.3, -0.25) is 15.1 Å². The molecule has 8 heteroatoms. The molecule has 0 aliphatic rings. The highest BCUT2D eigenvalue weighted by Gasteiger charge is 2.13. The SMILES string of the molecule is CNc1cncc(Oc2ccc([N+](=O)[O-])cc2OC)n1. The third-order valence-electron chi connectivity index (χ3n) is 2.44. The van der Waals surface area contributed by atoms with Gasteiger partial charge in [-0.15, -0.1) is 0 Å². The lowest BCUT2D eigenvalue weighted by molar-refractivity contribution is -0.384. The zero-order valence-electron chi connectivity index (χ0n) is 10.9. The molecule has 0 bridgehead atoms. The monoisotopic (exact) mass is 276 g/mol. The molecule has 1 aromatic carbocycles. The minimum absolute atomic E-state index is 0.0794. The fraction of sp³-hybridized carbons (Fsp3) is 0.167. The van der Waals surface area contributed by atoms with Gasteiger partial charge >= 0.3 is 0 Å². The minimum Gasteiger partial charge on any atom is -0.493 e. The number of nitro benzene ring substituents is 1. The molecule has 0 saturated heterocycles. The molecule has 0 aliphatic carbocycles. The highest BCUT2D eigenvalue weighted by Crippen LogP contribution is 2.33. The Morgan fingerprint density at radius 1 is 1.30 bits per heavy atom. The van der Waals surface area contributed by atoms with Crippen molar-refractivity contribution < 1.29 is 14.4 Å². The summed E-state index contributed by atoms with van der Waals surface area (Å²) in [6.45, 7) is 0. The van der Waals surface area contributed by atoms with E-state index >= 15 is 0 Å². The molecule has 0 amide bonds. The Bertz CT molecular complexity index is 633. The van der Waals surface area contributed by atoms with Gasteiger partial charge in [-0.25, -0.2) is 0 Å². The molecule has 0 unspecified atom stereocenters. The second-order valence-corrected chi connectivity index (χ2v) is 3.69. The molecule has 8 nitrogen and oxygen atoms in total. The highest BCUT2D eigenvalue weighted by molar-refractivity contribution is 5.49. The zero-order chi connectivity index (χ0) is 14.5. The average Bonchev–Trinajstić information content (AvgIpc) is 2.47. The lowest BCUT2D eigenvalue weighted by atomic mass is 10.3. The minimum atomic E-state index is -0.506. The third-order valence-corrected chi connectivity index (χ3v) is 2.44. The van der Waals surface area contributed by atoms with Gasteiger partial charge in [-0.2, -0.15) is 4.98 Å². The van der Waals surface area contributed by atoms with Gasteiger partial charge in [0.25, 0.3) is 5.69 Å². The number of non-ortho nitro benzene ring substituents is 1. The molecule has 0 aliphatic heterocycles. The van der Waals surface area contributed by atoms with Crippen LogP contribution in [0.15, 0.2) is 30.6 Å². The Morgan fingerprint density at radius 3 is 2.75 bits per heavy atom. The Kier molecular flexibility index (Phi) is 3.94. The number of methoxy groups -OCH3 is 1. The molecule has 2 aromatic rings. The molecule has 0 fully saturated rings. The van der Waals surface area contributed by atoms with Gasteiger partial charge in [0.05, 0.1) is 30.5 Å². The van der Waals surface area contributed by atoms with Crippen molar-refractivity contribution in [3.8, 4) is 17.4 Å². The van der Waals surface area contributed by atoms with E-state index in [1.54, 1.807) is 13.2 Å². The largest absolute Gasteiger partial charge is 0.493 e. The maximum atomic E-state index is 10.7. The summed E-state index contributed by atoms with van der Waals surface area (Å²) in [7, 11) is 3.11. The van der Waals surface area contributed by atoms with Crippen LogP contribution in [0.2, 0.25) is 0 Å². The molecule has 1 aromatic heterocycles. The third kappa shape index (κ3) is 2.91. The molecule has 0 radical (unpaired) electrons. The first kappa shape index (κ1) is 13.5. The maximum absolute atomic E-state index is 10.7. The van der Waals surface area contributed by atoms with Crippen LogP contribution in [0, 0.1) is 10.1 Å². The standard InChI is InChI=1S/C12H12N4O4/c1-13-11-6-14-7-12(15-11)20-9-4-3-8(16(17)18)5-10(9)19-2/h3-7H,1-2H3,(H,13,15). The van der Waals surface area contributed by atoms with Gasteiger partial charge < -0.3 is 14.8 Å². The molecular weight excluding hydrogens is 264 g/mol. The predicted molar refractivity (Wildman–Crippen MR) is 71.3 cm³/mol. The highest BCUT2D eigenvalue weighted by atomic mass is 16.6. The average molecular weight is 276 g/mol. The van der Waals surface area contributed by atoms with Crippen molar-refractivity contribution >= 4 is 11.5 Å². The van der Waals surface area contributed by atoms with Crippen LogP contribution in [-0.4, -0.2) is 29.0 Å². The fourth-order valence-corrected chi connectivity index (χ4v) is 1.48. The van der Waals surface area contributed by atoms with Crippen LogP contribution < -0.4 is 14.8 Å². The number of nitro groups is 1. The maximum Gasteiger partial charge on any atom is 0.273 e. The van der Waals surface area contributed by atoms with Crippen molar-refractivity contribution in [3.05, 3.63) is 40.7 Å². The van der Waals surface area contributed by atoms with Gasteiger partial charge in [0.2, 0.25) is 5.88 Å².